The van der Waals surface area contributed by atoms with E-state index < -0.39 is 23.1 Å². The van der Waals surface area contributed by atoms with Crippen molar-refractivity contribution >= 4 is 56.9 Å². The summed E-state index contributed by atoms with van der Waals surface area (Å²) in [7, 11) is 1.26. The number of anilines is 2. The highest BCUT2D eigenvalue weighted by Crippen LogP contribution is 2.31. The van der Waals surface area contributed by atoms with Crippen molar-refractivity contribution in [3.05, 3.63) is 75.7 Å². The number of methoxy groups -OCH3 is 1. The van der Waals surface area contributed by atoms with Gasteiger partial charge in [0.15, 0.2) is 0 Å². The maximum Gasteiger partial charge on any atom is 0.325 e. The zero-order valence-electron chi connectivity index (χ0n) is 19.5. The first-order chi connectivity index (χ1) is 17.3. The van der Waals surface area contributed by atoms with Gasteiger partial charge in [0.1, 0.15) is 12.4 Å². The van der Waals surface area contributed by atoms with Crippen LogP contribution in [0.3, 0.4) is 0 Å². The number of esters is 1. The molecule has 36 heavy (non-hydrogen) atoms. The molecule has 0 aliphatic carbocycles. The van der Waals surface area contributed by atoms with Crippen molar-refractivity contribution in [3.63, 3.8) is 0 Å². The van der Waals surface area contributed by atoms with Crippen LogP contribution >= 0.6 is 11.3 Å². The Morgan fingerprint density at radius 1 is 1.19 bits per heavy atom. The number of nitrogens with one attached hydrogen (secondary N) is 4. The fourth-order valence-corrected chi connectivity index (χ4v) is 4.79. The second-order valence-corrected chi connectivity index (χ2v) is 9.68. The molecule has 4 rings (SSSR count). The number of H-pyrrole nitrogens is 1. The van der Waals surface area contributed by atoms with Crippen LogP contribution in [0.4, 0.5) is 11.5 Å². The predicted molar refractivity (Wildman–Crippen MR) is 140 cm³/mol. The van der Waals surface area contributed by atoms with E-state index in [1.165, 1.54) is 18.4 Å². The van der Waals surface area contributed by atoms with Crippen LogP contribution in [-0.2, 0) is 27.2 Å². The summed E-state index contributed by atoms with van der Waals surface area (Å²) in [5, 5.41) is 9.66. The van der Waals surface area contributed by atoms with Gasteiger partial charge in [-0.15, -0.1) is 11.3 Å². The molecule has 4 aromatic rings. The lowest BCUT2D eigenvalue weighted by atomic mass is 10.0. The molecule has 2 aromatic heterocycles. The van der Waals surface area contributed by atoms with Crippen molar-refractivity contribution < 1.29 is 23.1 Å². The van der Waals surface area contributed by atoms with Crippen molar-refractivity contribution in [2.24, 2.45) is 0 Å². The predicted octanol–water partition coefficient (Wildman–Crippen LogP) is 3.78. The Morgan fingerprint density at radius 3 is 2.61 bits per heavy atom. The Bertz CT molecular complexity index is 1400. The molecule has 0 saturated heterocycles. The lowest BCUT2D eigenvalue weighted by molar-refractivity contribution is -0.139. The number of carbonyl (C=O) groups excluding carboxylic acids is 2. The molecule has 0 fully saturated rings. The SMILES string of the molecule is COC(=O)CNC(=O)c1c(N[C@@H](Cc2ccc(NS(=O)O)cc2)c2csc(C)n2)[nH]c2ccccc12. The van der Waals surface area contributed by atoms with E-state index in [9.17, 15) is 13.8 Å². The van der Waals surface area contributed by atoms with Gasteiger partial charge in [0.25, 0.3) is 17.2 Å². The van der Waals surface area contributed by atoms with E-state index in [1.54, 1.807) is 12.1 Å². The number of fused-ring (bicyclic) bond motifs is 1. The summed E-state index contributed by atoms with van der Waals surface area (Å²) in [6.07, 6.45) is 0.532. The summed E-state index contributed by atoms with van der Waals surface area (Å²) >= 11 is -0.621. The number of amides is 1. The van der Waals surface area contributed by atoms with Gasteiger partial charge in [0.2, 0.25) is 0 Å². The highest BCUT2D eigenvalue weighted by Gasteiger charge is 2.23. The van der Waals surface area contributed by atoms with E-state index in [0.717, 1.165) is 21.8 Å². The molecule has 5 N–H and O–H groups in total. The van der Waals surface area contributed by atoms with Gasteiger partial charge in [-0.05, 0) is 37.1 Å². The molecule has 12 heteroatoms. The van der Waals surface area contributed by atoms with Crippen LogP contribution in [0.5, 0.6) is 0 Å². The number of aromatic nitrogens is 2. The van der Waals surface area contributed by atoms with Crippen molar-refractivity contribution in [2.45, 2.75) is 19.4 Å². The number of rotatable bonds is 10. The van der Waals surface area contributed by atoms with Crippen molar-refractivity contribution in [3.8, 4) is 0 Å². The Balaban J connectivity index is 1.66. The standard InChI is InChI=1S/C24H25N5O5S2/c1-14-26-20(13-35-14)19(11-15-7-9-16(10-8-15)29-36(32)33)28-23-22(24(31)25-12-21(30)34-2)17-5-3-4-6-18(17)27-23/h3-10,13,19,27-29H,11-12H2,1-2H3,(H,25,31)(H,32,33)/t19-/m0/s1. The Hall–Kier alpha value is -3.74. The number of hydrogen-bond donors (Lipinski definition) is 5. The molecule has 2 aromatic carbocycles. The highest BCUT2D eigenvalue weighted by molar-refractivity contribution is 7.80. The van der Waals surface area contributed by atoms with E-state index in [2.05, 4.69) is 30.1 Å². The highest BCUT2D eigenvalue weighted by atomic mass is 32.2. The number of hydrogen-bond acceptors (Lipinski definition) is 7. The quantitative estimate of drug-likeness (QED) is 0.156. The van der Waals surface area contributed by atoms with E-state index in [0.29, 0.717) is 28.9 Å². The van der Waals surface area contributed by atoms with Gasteiger partial charge < -0.3 is 20.4 Å². The number of thiazole rings is 1. The van der Waals surface area contributed by atoms with Crippen molar-refractivity contribution in [2.75, 3.05) is 23.7 Å². The van der Waals surface area contributed by atoms with Crippen LogP contribution in [0, 0.1) is 6.92 Å². The lowest BCUT2D eigenvalue weighted by Crippen LogP contribution is -2.30. The van der Waals surface area contributed by atoms with Gasteiger partial charge in [-0.25, -0.2) is 9.19 Å². The van der Waals surface area contributed by atoms with E-state index >= 15 is 0 Å². The minimum absolute atomic E-state index is 0.248. The normalized spacial score (nSPS) is 12.6. The van der Waals surface area contributed by atoms with Gasteiger partial charge in [-0.3, -0.25) is 18.9 Å². The van der Waals surface area contributed by atoms with Crippen molar-refractivity contribution in [1.82, 2.24) is 15.3 Å². The molecule has 0 spiro atoms. The van der Waals surface area contributed by atoms with E-state index in [-0.39, 0.29) is 12.6 Å². The monoisotopic (exact) mass is 527 g/mol. The molecule has 2 atom stereocenters. The third-order valence-electron chi connectivity index (χ3n) is 5.47. The fourth-order valence-electron chi connectivity index (χ4n) is 3.79. The summed E-state index contributed by atoms with van der Waals surface area (Å²) in [6, 6.07) is 14.3. The molecule has 0 aliphatic rings. The average molecular weight is 528 g/mol. The summed E-state index contributed by atoms with van der Waals surface area (Å²) in [4.78, 5) is 32.6. The smallest absolute Gasteiger partial charge is 0.325 e. The first kappa shape index (κ1) is 25.4. The minimum Gasteiger partial charge on any atom is -0.468 e. The topological polar surface area (TPSA) is 145 Å². The van der Waals surface area contributed by atoms with Crippen LogP contribution in [0.2, 0.25) is 0 Å². The molecule has 0 saturated carbocycles. The molecule has 0 aliphatic heterocycles. The largest absolute Gasteiger partial charge is 0.468 e. The second kappa shape index (κ2) is 11.3. The Labute approximate surface area is 213 Å². The minimum atomic E-state index is -2.15. The first-order valence-electron chi connectivity index (χ1n) is 10.9. The molecule has 188 valence electrons. The maximum absolute atomic E-state index is 13.1. The molecule has 10 nitrogen and oxygen atoms in total. The average Bonchev–Trinajstić information content (AvgIpc) is 3.45. The molecule has 1 amide bonds. The number of benzene rings is 2. The fraction of sp³-hybridized carbons (Fsp3) is 0.208. The van der Waals surface area contributed by atoms with Crippen LogP contribution in [0.25, 0.3) is 10.9 Å². The molecule has 0 radical (unpaired) electrons. The number of carbonyl (C=O) groups is 2. The van der Waals surface area contributed by atoms with Crippen LogP contribution in [-0.4, -0.2) is 44.3 Å². The van der Waals surface area contributed by atoms with Gasteiger partial charge in [0, 0.05) is 22.0 Å². The molecule has 1 unspecified atom stereocenters. The lowest BCUT2D eigenvalue weighted by Gasteiger charge is -2.19. The van der Waals surface area contributed by atoms with Gasteiger partial charge in [0.05, 0.1) is 29.4 Å². The van der Waals surface area contributed by atoms with Gasteiger partial charge >= 0.3 is 5.97 Å². The number of nitrogens with zero attached hydrogens (tertiary/aromatic N) is 1. The third-order valence-corrected chi connectivity index (χ3v) is 6.67. The Kier molecular flexibility index (Phi) is 7.98. The van der Waals surface area contributed by atoms with Crippen molar-refractivity contribution in [1.29, 1.82) is 0 Å². The number of aryl methyl sites for hydroxylation is 1. The van der Waals surface area contributed by atoms with Crippen LogP contribution in [0.15, 0.2) is 53.9 Å². The number of para-hydroxylation sites is 1. The van der Waals surface area contributed by atoms with Gasteiger partial charge in [-0.2, -0.15) is 0 Å². The number of ether oxygens (including phenoxy) is 1. The van der Waals surface area contributed by atoms with Crippen LogP contribution in [0.1, 0.15) is 32.7 Å². The zero-order valence-corrected chi connectivity index (χ0v) is 21.2. The summed E-state index contributed by atoms with van der Waals surface area (Å²) < 4.78 is 27.1. The summed E-state index contributed by atoms with van der Waals surface area (Å²) in [5.41, 5.74) is 3.45. The molecular formula is C24H25N5O5S2. The molecular weight excluding hydrogens is 502 g/mol. The van der Waals surface area contributed by atoms with Gasteiger partial charge in [-0.1, -0.05) is 30.3 Å². The van der Waals surface area contributed by atoms with E-state index in [1.807, 2.05) is 48.7 Å². The maximum atomic E-state index is 13.1. The Morgan fingerprint density at radius 2 is 1.94 bits per heavy atom. The summed E-state index contributed by atoms with van der Waals surface area (Å²) in [6.45, 7) is 1.68. The second-order valence-electron chi connectivity index (χ2n) is 7.92. The third kappa shape index (κ3) is 6.08. The molecule has 0 bridgehead atoms. The zero-order chi connectivity index (χ0) is 25.7. The van der Waals surface area contributed by atoms with Crippen LogP contribution < -0.4 is 15.4 Å². The van der Waals surface area contributed by atoms with E-state index in [4.69, 9.17) is 4.55 Å². The first-order valence-corrected chi connectivity index (χ1v) is 12.9. The molecule has 2 heterocycles. The summed E-state index contributed by atoms with van der Waals surface area (Å²) in [5.74, 6) is -0.458. The number of aromatic amines is 1.